The molecule has 0 saturated carbocycles. The molecule has 0 aliphatic carbocycles. The molecule has 6 heteroatoms. The molecule has 2 heterocycles. The van der Waals surface area contributed by atoms with Crippen molar-refractivity contribution >= 4 is 19.0 Å². The summed E-state index contributed by atoms with van der Waals surface area (Å²) in [7, 11) is 0.901. The molecule has 0 unspecified atom stereocenters. The molecule has 2 aromatic rings. The van der Waals surface area contributed by atoms with E-state index in [-0.39, 0.29) is 0 Å². The van der Waals surface area contributed by atoms with Crippen molar-refractivity contribution in [1.29, 1.82) is 0 Å². The molecule has 0 aromatic carbocycles. The Morgan fingerprint density at radius 2 is 2.05 bits per heavy atom. The van der Waals surface area contributed by atoms with Gasteiger partial charge < -0.3 is 10.1 Å². The molecule has 1 N–H and O–H groups in total. The van der Waals surface area contributed by atoms with E-state index in [4.69, 9.17) is 4.74 Å². The van der Waals surface area contributed by atoms with Crippen molar-refractivity contribution in [2.75, 3.05) is 13.7 Å². The Morgan fingerprint density at radius 3 is 2.71 bits per heavy atom. The van der Waals surface area contributed by atoms with Gasteiger partial charge in [0.2, 0.25) is 0 Å². The molecule has 0 radical (unpaired) electrons. The van der Waals surface area contributed by atoms with Gasteiger partial charge in [-0.3, -0.25) is 4.98 Å². The lowest BCUT2D eigenvalue weighted by Gasteiger charge is -2.15. The fraction of sp³-hybridized carbons (Fsp3) is 0.600. The average molecular weight is 306 g/mol. The van der Waals surface area contributed by atoms with E-state index in [2.05, 4.69) is 35.0 Å². The quantitative estimate of drug-likeness (QED) is 0.631. The zero-order valence-corrected chi connectivity index (χ0v) is 14.7. The first-order valence-electron chi connectivity index (χ1n) is 7.45. The van der Waals surface area contributed by atoms with Gasteiger partial charge in [-0.2, -0.15) is 5.10 Å². The lowest BCUT2D eigenvalue weighted by atomic mass is 10.1. The van der Waals surface area contributed by atoms with Crippen LogP contribution in [0.2, 0.25) is 25.7 Å². The first kappa shape index (κ1) is 16.1. The summed E-state index contributed by atoms with van der Waals surface area (Å²) < 4.78 is 7.77. The van der Waals surface area contributed by atoms with Crippen LogP contribution in [0.3, 0.4) is 0 Å². The Bertz CT molecular complexity index is 603. The third kappa shape index (κ3) is 4.12. The number of rotatable bonds is 7. The Hall–Kier alpha value is -1.24. The molecule has 0 aliphatic heterocycles. The summed E-state index contributed by atoms with van der Waals surface area (Å²) in [5.41, 5.74) is 3.30. The van der Waals surface area contributed by atoms with Gasteiger partial charge in [-0.05, 0) is 20.0 Å². The number of nitrogens with zero attached hydrogens (tertiary/aromatic N) is 3. The molecule has 5 nitrogen and oxygen atoms in total. The second-order valence-electron chi connectivity index (χ2n) is 6.65. The third-order valence-corrected chi connectivity index (χ3v) is 5.23. The smallest absolute Gasteiger partial charge is 0.140 e. The van der Waals surface area contributed by atoms with Crippen molar-refractivity contribution in [3.05, 3.63) is 23.7 Å². The van der Waals surface area contributed by atoms with Crippen molar-refractivity contribution < 1.29 is 4.74 Å². The number of hydrogen-bond donors (Lipinski definition) is 1. The summed E-state index contributed by atoms with van der Waals surface area (Å²) in [6, 6.07) is 1.18. The van der Waals surface area contributed by atoms with Crippen LogP contribution in [-0.2, 0) is 18.0 Å². The highest BCUT2D eigenvalue weighted by Crippen LogP contribution is 2.20. The Labute approximate surface area is 127 Å². The zero-order valence-electron chi connectivity index (χ0n) is 13.7. The van der Waals surface area contributed by atoms with Crippen LogP contribution >= 0.6 is 0 Å². The van der Waals surface area contributed by atoms with E-state index in [0.717, 1.165) is 35.3 Å². The van der Waals surface area contributed by atoms with E-state index in [1.54, 1.807) is 0 Å². The van der Waals surface area contributed by atoms with Crippen LogP contribution in [0.5, 0.6) is 0 Å². The van der Waals surface area contributed by atoms with Crippen LogP contribution in [0.25, 0.3) is 10.9 Å². The Kier molecular flexibility index (Phi) is 5.13. The molecule has 0 spiro atoms. The minimum Gasteiger partial charge on any atom is -0.360 e. The molecule has 0 fully saturated rings. The number of aromatic nitrogens is 3. The minimum absolute atomic E-state index is 0.508. The topological polar surface area (TPSA) is 52.0 Å². The number of ether oxygens (including phenoxy) is 1. The maximum absolute atomic E-state index is 5.83. The highest BCUT2D eigenvalue weighted by atomic mass is 28.3. The number of pyridine rings is 1. The molecule has 0 saturated heterocycles. The molecule has 116 valence electrons. The standard InChI is InChI=1S/C15H26N4OSi/c1-12-14-10-18-19(11-20-6-7-21(3,4)5)15(14)13(8-16-2)9-17-12/h9-10,16H,6-8,11H2,1-5H3. The molecule has 21 heavy (non-hydrogen) atoms. The van der Waals surface area contributed by atoms with Crippen molar-refractivity contribution in [1.82, 2.24) is 20.1 Å². The van der Waals surface area contributed by atoms with Crippen LogP contribution < -0.4 is 5.32 Å². The number of fused-ring (bicyclic) bond motifs is 1. The monoisotopic (exact) mass is 306 g/mol. The van der Waals surface area contributed by atoms with E-state index in [1.165, 1.54) is 6.04 Å². The fourth-order valence-corrected chi connectivity index (χ4v) is 3.00. The van der Waals surface area contributed by atoms with Crippen LogP contribution in [0.15, 0.2) is 12.4 Å². The van der Waals surface area contributed by atoms with Gasteiger partial charge in [-0.25, -0.2) is 4.68 Å². The van der Waals surface area contributed by atoms with Crippen LogP contribution in [-0.4, -0.2) is 36.5 Å². The largest absolute Gasteiger partial charge is 0.360 e. The lowest BCUT2D eigenvalue weighted by Crippen LogP contribution is -2.22. The van der Waals surface area contributed by atoms with Crippen LogP contribution in [0.1, 0.15) is 11.3 Å². The number of nitrogens with one attached hydrogen (secondary N) is 1. The minimum atomic E-state index is -1.04. The molecular weight excluding hydrogens is 280 g/mol. The average Bonchev–Trinajstić information content (AvgIpc) is 2.82. The summed E-state index contributed by atoms with van der Waals surface area (Å²) in [5, 5.41) is 8.76. The van der Waals surface area contributed by atoms with E-state index >= 15 is 0 Å². The van der Waals surface area contributed by atoms with Gasteiger partial charge >= 0.3 is 0 Å². The molecule has 0 aliphatic rings. The van der Waals surface area contributed by atoms with Gasteiger partial charge in [0.25, 0.3) is 0 Å². The predicted molar refractivity (Wildman–Crippen MR) is 89.1 cm³/mol. The van der Waals surface area contributed by atoms with E-state index < -0.39 is 8.07 Å². The number of aryl methyl sites for hydroxylation is 1. The van der Waals surface area contributed by atoms with Crippen molar-refractivity contribution in [3.63, 3.8) is 0 Å². The van der Waals surface area contributed by atoms with Gasteiger partial charge in [0, 0.05) is 44.1 Å². The second kappa shape index (κ2) is 6.68. The van der Waals surface area contributed by atoms with Crippen molar-refractivity contribution in [2.45, 2.75) is 45.9 Å². The van der Waals surface area contributed by atoms with Gasteiger partial charge in [-0.15, -0.1) is 0 Å². The lowest BCUT2D eigenvalue weighted by molar-refractivity contribution is 0.0816. The summed E-state index contributed by atoms with van der Waals surface area (Å²) in [5.74, 6) is 0. The number of hydrogen-bond acceptors (Lipinski definition) is 4. The van der Waals surface area contributed by atoms with Crippen molar-refractivity contribution in [3.8, 4) is 0 Å². The highest BCUT2D eigenvalue weighted by Gasteiger charge is 2.13. The van der Waals surface area contributed by atoms with Gasteiger partial charge in [0.15, 0.2) is 0 Å². The van der Waals surface area contributed by atoms with E-state index in [0.29, 0.717) is 6.73 Å². The maximum atomic E-state index is 5.83. The van der Waals surface area contributed by atoms with Crippen molar-refractivity contribution in [2.24, 2.45) is 0 Å². The molecule has 0 atom stereocenters. The van der Waals surface area contributed by atoms with Gasteiger partial charge in [0.05, 0.1) is 11.7 Å². The molecule has 2 aromatic heterocycles. The third-order valence-electron chi connectivity index (χ3n) is 3.52. The summed E-state index contributed by atoms with van der Waals surface area (Å²) in [6.45, 7) is 11.2. The summed E-state index contributed by atoms with van der Waals surface area (Å²) >= 11 is 0. The van der Waals surface area contributed by atoms with Gasteiger partial charge in [0.1, 0.15) is 6.73 Å². The maximum Gasteiger partial charge on any atom is 0.140 e. The van der Waals surface area contributed by atoms with Gasteiger partial charge in [-0.1, -0.05) is 19.6 Å². The Morgan fingerprint density at radius 1 is 1.29 bits per heavy atom. The van der Waals surface area contributed by atoms with Crippen LogP contribution in [0, 0.1) is 6.92 Å². The van der Waals surface area contributed by atoms with Crippen LogP contribution in [0.4, 0.5) is 0 Å². The first-order chi connectivity index (χ1) is 9.92. The zero-order chi connectivity index (χ0) is 15.5. The molecular formula is C15H26N4OSi. The molecule has 2 rings (SSSR count). The van der Waals surface area contributed by atoms with E-state index in [1.807, 2.05) is 31.0 Å². The second-order valence-corrected chi connectivity index (χ2v) is 12.3. The first-order valence-corrected chi connectivity index (χ1v) is 11.2. The van der Waals surface area contributed by atoms with E-state index in [9.17, 15) is 0 Å². The predicted octanol–water partition coefficient (Wildman–Crippen LogP) is 2.77. The summed E-state index contributed by atoms with van der Waals surface area (Å²) in [4.78, 5) is 4.44. The Balaban J connectivity index is 2.14. The molecule has 0 bridgehead atoms. The normalized spacial score (nSPS) is 12.2. The summed E-state index contributed by atoms with van der Waals surface area (Å²) in [6.07, 6.45) is 3.81. The fourth-order valence-electron chi connectivity index (χ4n) is 2.24. The SMILES string of the molecule is CNCc1cnc(C)c2cnn(COCC[Si](C)(C)C)c12. The molecule has 0 amide bonds. The highest BCUT2D eigenvalue weighted by molar-refractivity contribution is 6.76.